The van der Waals surface area contributed by atoms with E-state index in [1.807, 2.05) is 146 Å². The number of benzene rings is 6. The SMILES string of the molecule is O=P1(c2ccccc2)c2ccc(-c3nc(-c4ccccc4)nc(-c4ccccc4)n3)cc2Oc2cc3ccccc3cc21. The summed E-state index contributed by atoms with van der Waals surface area (Å²) >= 11 is 0. The summed E-state index contributed by atoms with van der Waals surface area (Å²) in [6.45, 7) is 0. The number of nitrogens with zero attached hydrogens (tertiary/aromatic N) is 3. The van der Waals surface area contributed by atoms with Crippen LogP contribution < -0.4 is 20.7 Å². The van der Waals surface area contributed by atoms with Crippen molar-refractivity contribution in [2.24, 2.45) is 0 Å². The fourth-order valence-electron chi connectivity index (χ4n) is 5.63. The minimum absolute atomic E-state index is 0.512. The number of aromatic nitrogens is 3. The summed E-state index contributed by atoms with van der Waals surface area (Å²) in [5.41, 5.74) is 2.54. The van der Waals surface area contributed by atoms with Crippen molar-refractivity contribution < 1.29 is 9.30 Å². The van der Waals surface area contributed by atoms with Gasteiger partial charge in [0.2, 0.25) is 0 Å². The molecule has 0 saturated carbocycles. The first kappa shape index (κ1) is 25.3. The van der Waals surface area contributed by atoms with Crippen molar-refractivity contribution in [3.05, 3.63) is 146 Å². The van der Waals surface area contributed by atoms with E-state index >= 15 is 4.57 Å². The predicted octanol–water partition coefficient (Wildman–Crippen LogP) is 7.77. The topological polar surface area (TPSA) is 65.0 Å². The molecule has 0 spiro atoms. The van der Waals surface area contributed by atoms with E-state index in [2.05, 4.69) is 0 Å². The fourth-order valence-corrected chi connectivity index (χ4v) is 8.49. The molecule has 0 radical (unpaired) electrons. The van der Waals surface area contributed by atoms with Gasteiger partial charge in [-0.05, 0) is 35.0 Å². The normalized spacial score (nSPS) is 15.3. The molecule has 1 aliphatic rings. The molecule has 0 fully saturated rings. The zero-order valence-electron chi connectivity index (χ0n) is 23.0. The Hall–Kier alpha value is -5.38. The van der Waals surface area contributed by atoms with Gasteiger partial charge in [-0.2, -0.15) is 0 Å². The molecule has 1 atom stereocenters. The number of hydrogen-bond acceptors (Lipinski definition) is 5. The summed E-state index contributed by atoms with van der Waals surface area (Å²) in [4.78, 5) is 14.6. The van der Waals surface area contributed by atoms with E-state index in [9.17, 15) is 0 Å². The maximum atomic E-state index is 15.3. The number of hydrogen-bond donors (Lipinski definition) is 0. The van der Waals surface area contributed by atoms with E-state index in [4.69, 9.17) is 19.7 Å². The molecule has 0 bridgehead atoms. The maximum absolute atomic E-state index is 15.3. The molecular weight excluding hydrogens is 549 g/mol. The smallest absolute Gasteiger partial charge is 0.178 e. The molecule has 1 aromatic heterocycles. The molecule has 6 heteroatoms. The third-order valence-corrected chi connectivity index (χ3v) is 10.9. The van der Waals surface area contributed by atoms with Crippen LogP contribution >= 0.6 is 7.14 Å². The van der Waals surface area contributed by atoms with Gasteiger partial charge >= 0.3 is 0 Å². The first-order chi connectivity index (χ1) is 21.2. The molecule has 6 aromatic carbocycles. The molecule has 1 unspecified atom stereocenters. The Labute approximate surface area is 248 Å². The van der Waals surface area contributed by atoms with E-state index in [0.29, 0.717) is 39.6 Å². The van der Waals surface area contributed by atoms with Gasteiger partial charge in [-0.3, -0.25) is 0 Å². The largest absolute Gasteiger partial charge is 0.456 e. The van der Waals surface area contributed by atoms with E-state index in [-0.39, 0.29) is 0 Å². The Bertz CT molecular complexity index is 2130. The minimum atomic E-state index is -3.25. The number of fused-ring (bicyclic) bond motifs is 3. The molecule has 7 aromatic rings. The highest BCUT2D eigenvalue weighted by Crippen LogP contribution is 2.52. The van der Waals surface area contributed by atoms with Crippen LogP contribution in [0.5, 0.6) is 11.5 Å². The van der Waals surface area contributed by atoms with Crippen molar-refractivity contribution in [3.8, 4) is 45.7 Å². The van der Waals surface area contributed by atoms with Gasteiger partial charge in [-0.25, -0.2) is 15.0 Å². The summed E-state index contributed by atoms with van der Waals surface area (Å²) in [6.07, 6.45) is 0. The van der Waals surface area contributed by atoms with Gasteiger partial charge in [-0.15, -0.1) is 0 Å². The molecule has 1 aliphatic heterocycles. The van der Waals surface area contributed by atoms with Crippen LogP contribution in [0.25, 0.3) is 44.9 Å². The quantitative estimate of drug-likeness (QED) is 0.201. The monoisotopic (exact) mass is 573 g/mol. The van der Waals surface area contributed by atoms with Gasteiger partial charge in [0, 0.05) is 22.0 Å². The summed E-state index contributed by atoms with van der Waals surface area (Å²) in [5, 5.41) is 4.18. The molecule has 204 valence electrons. The lowest BCUT2D eigenvalue weighted by molar-refractivity contribution is 0.486. The lowest BCUT2D eigenvalue weighted by Gasteiger charge is -2.29. The van der Waals surface area contributed by atoms with Crippen molar-refractivity contribution in [3.63, 3.8) is 0 Å². The molecular formula is C37H24N3O2P. The summed E-state index contributed by atoms with van der Waals surface area (Å²) in [7, 11) is -3.25. The van der Waals surface area contributed by atoms with Crippen LogP contribution in [0.1, 0.15) is 0 Å². The van der Waals surface area contributed by atoms with Crippen LogP contribution in [0, 0.1) is 0 Å². The maximum Gasteiger partial charge on any atom is 0.178 e. The number of ether oxygens (including phenoxy) is 1. The van der Waals surface area contributed by atoms with Gasteiger partial charge in [0.15, 0.2) is 24.6 Å². The molecule has 0 aliphatic carbocycles. The Kier molecular flexibility index (Phi) is 5.99. The van der Waals surface area contributed by atoms with Crippen LogP contribution in [0.2, 0.25) is 0 Å². The highest BCUT2D eigenvalue weighted by molar-refractivity contribution is 7.85. The van der Waals surface area contributed by atoms with E-state index < -0.39 is 7.14 Å². The fraction of sp³-hybridized carbons (Fsp3) is 0. The summed E-state index contributed by atoms with van der Waals surface area (Å²) in [6, 6.07) is 47.3. The first-order valence-electron chi connectivity index (χ1n) is 14.1. The second kappa shape index (κ2) is 10.2. The van der Waals surface area contributed by atoms with E-state index in [0.717, 1.165) is 32.8 Å². The van der Waals surface area contributed by atoms with Crippen molar-refractivity contribution in [1.82, 2.24) is 15.0 Å². The van der Waals surface area contributed by atoms with Gasteiger partial charge in [0.1, 0.15) is 11.5 Å². The average Bonchev–Trinajstić information content (AvgIpc) is 3.08. The Balaban J connectivity index is 1.33. The minimum Gasteiger partial charge on any atom is -0.456 e. The third-order valence-electron chi connectivity index (χ3n) is 7.76. The zero-order chi connectivity index (χ0) is 28.8. The van der Waals surface area contributed by atoms with Crippen LogP contribution in [0.15, 0.2) is 146 Å². The van der Waals surface area contributed by atoms with Gasteiger partial charge < -0.3 is 9.30 Å². The van der Waals surface area contributed by atoms with Crippen LogP contribution in [0.4, 0.5) is 0 Å². The second-order valence-corrected chi connectivity index (χ2v) is 13.1. The lowest BCUT2D eigenvalue weighted by atomic mass is 10.1. The van der Waals surface area contributed by atoms with Crippen LogP contribution in [0.3, 0.4) is 0 Å². The lowest BCUT2D eigenvalue weighted by Crippen LogP contribution is -2.30. The summed E-state index contributed by atoms with van der Waals surface area (Å²) < 4.78 is 21.9. The predicted molar refractivity (Wildman–Crippen MR) is 173 cm³/mol. The molecule has 0 N–H and O–H groups in total. The standard InChI is InChI=1S/C37H24N3O2P/c41-43(30-18-8-3-9-19-30)33-21-20-29(23-31(33)42-32-22-27-16-10-11-17-28(27)24-34(32)43)37-39-35(25-12-4-1-5-13-25)38-36(40-37)26-14-6-2-7-15-26/h1-24H. The molecule has 8 rings (SSSR count). The molecule has 2 heterocycles. The highest BCUT2D eigenvalue weighted by Gasteiger charge is 2.39. The van der Waals surface area contributed by atoms with E-state index in [1.54, 1.807) is 0 Å². The molecule has 43 heavy (non-hydrogen) atoms. The van der Waals surface area contributed by atoms with Crippen molar-refractivity contribution in [2.75, 3.05) is 0 Å². The Morgan fingerprint density at radius 2 is 0.930 bits per heavy atom. The first-order valence-corrected chi connectivity index (χ1v) is 15.8. The van der Waals surface area contributed by atoms with Gasteiger partial charge in [-0.1, -0.05) is 121 Å². The van der Waals surface area contributed by atoms with Crippen molar-refractivity contribution in [2.45, 2.75) is 0 Å². The van der Waals surface area contributed by atoms with Crippen LogP contribution in [-0.2, 0) is 4.57 Å². The Morgan fingerprint density at radius 1 is 0.442 bits per heavy atom. The van der Waals surface area contributed by atoms with Crippen molar-refractivity contribution in [1.29, 1.82) is 0 Å². The zero-order valence-corrected chi connectivity index (χ0v) is 23.9. The third kappa shape index (κ3) is 4.34. The number of rotatable bonds is 4. The Morgan fingerprint density at radius 3 is 1.53 bits per heavy atom. The van der Waals surface area contributed by atoms with E-state index in [1.165, 1.54) is 0 Å². The second-order valence-electron chi connectivity index (χ2n) is 10.4. The molecule has 5 nitrogen and oxygen atoms in total. The van der Waals surface area contributed by atoms with Gasteiger partial charge in [0.05, 0.1) is 10.6 Å². The summed E-state index contributed by atoms with van der Waals surface area (Å²) in [5.74, 6) is 2.80. The van der Waals surface area contributed by atoms with Crippen LogP contribution in [-0.4, -0.2) is 15.0 Å². The average molecular weight is 574 g/mol. The van der Waals surface area contributed by atoms with Gasteiger partial charge in [0.25, 0.3) is 0 Å². The highest BCUT2D eigenvalue weighted by atomic mass is 31.2. The molecule has 0 amide bonds. The molecule has 0 saturated heterocycles. The van der Waals surface area contributed by atoms with Crippen molar-refractivity contribution >= 4 is 33.8 Å².